The molecule has 5 heteroatoms. The van der Waals surface area contributed by atoms with E-state index in [-0.39, 0.29) is 5.91 Å². The van der Waals surface area contributed by atoms with E-state index in [4.69, 9.17) is 11.6 Å². The first-order chi connectivity index (χ1) is 13.6. The second-order valence-electron chi connectivity index (χ2n) is 6.50. The van der Waals surface area contributed by atoms with Gasteiger partial charge in [-0.3, -0.25) is 4.79 Å². The first-order valence-electron chi connectivity index (χ1n) is 8.88. The van der Waals surface area contributed by atoms with E-state index in [2.05, 4.69) is 10.5 Å². The Hall–Kier alpha value is -3.37. The molecule has 0 saturated carbocycles. The normalized spacial score (nSPS) is 11.2. The zero-order valence-corrected chi connectivity index (χ0v) is 16.0. The lowest BCUT2D eigenvalue weighted by Crippen LogP contribution is -2.17. The molecule has 0 aliphatic rings. The van der Waals surface area contributed by atoms with Crippen molar-refractivity contribution < 1.29 is 4.79 Å². The van der Waals surface area contributed by atoms with Crippen molar-refractivity contribution in [3.63, 3.8) is 0 Å². The van der Waals surface area contributed by atoms with Gasteiger partial charge in [0.1, 0.15) is 0 Å². The molecule has 4 rings (SSSR count). The number of hydrazone groups is 1. The summed E-state index contributed by atoms with van der Waals surface area (Å²) >= 11 is 6.23. The van der Waals surface area contributed by atoms with E-state index in [0.29, 0.717) is 10.6 Å². The number of rotatable bonds is 4. The van der Waals surface area contributed by atoms with Crippen LogP contribution in [-0.4, -0.2) is 16.7 Å². The van der Waals surface area contributed by atoms with Gasteiger partial charge in [0.15, 0.2) is 0 Å². The smallest absolute Gasteiger partial charge is 0.271 e. The van der Waals surface area contributed by atoms with Crippen LogP contribution in [0.5, 0.6) is 0 Å². The third kappa shape index (κ3) is 3.68. The molecule has 0 saturated heterocycles. The minimum atomic E-state index is -0.251. The highest BCUT2D eigenvalue weighted by molar-refractivity contribution is 6.31. The first-order valence-corrected chi connectivity index (χ1v) is 9.26. The molecule has 1 aromatic heterocycles. The largest absolute Gasteiger partial charge is 0.316 e. The SMILES string of the molecule is Cc1ccc(-n2cccc2/C=N\NC(=O)c2ccc3ccccc3c2)cc1Cl. The minimum Gasteiger partial charge on any atom is -0.316 e. The van der Waals surface area contributed by atoms with Crippen molar-refractivity contribution in [2.24, 2.45) is 5.10 Å². The van der Waals surface area contributed by atoms with Gasteiger partial charge in [0, 0.05) is 22.5 Å². The molecule has 0 fully saturated rings. The van der Waals surface area contributed by atoms with Gasteiger partial charge in [0.05, 0.1) is 11.9 Å². The molecule has 1 heterocycles. The molecular formula is C23H18ClN3O. The maximum Gasteiger partial charge on any atom is 0.271 e. The summed E-state index contributed by atoms with van der Waals surface area (Å²) in [5.74, 6) is -0.251. The average molecular weight is 388 g/mol. The highest BCUT2D eigenvalue weighted by Gasteiger charge is 2.06. The minimum absolute atomic E-state index is 0.251. The number of carbonyl (C=O) groups is 1. The van der Waals surface area contributed by atoms with Crippen LogP contribution in [0.4, 0.5) is 0 Å². The van der Waals surface area contributed by atoms with Gasteiger partial charge in [-0.1, -0.05) is 48.0 Å². The van der Waals surface area contributed by atoms with Crippen LogP contribution in [0, 0.1) is 6.92 Å². The Kier molecular flexibility index (Phi) is 4.96. The van der Waals surface area contributed by atoms with Crippen LogP contribution in [0.1, 0.15) is 21.6 Å². The molecule has 1 N–H and O–H groups in total. The maximum absolute atomic E-state index is 12.4. The van der Waals surface area contributed by atoms with E-state index >= 15 is 0 Å². The fourth-order valence-electron chi connectivity index (χ4n) is 3.02. The van der Waals surface area contributed by atoms with E-state index in [1.807, 2.05) is 84.4 Å². The number of amides is 1. The van der Waals surface area contributed by atoms with Crippen LogP contribution >= 0.6 is 11.6 Å². The zero-order chi connectivity index (χ0) is 19.5. The standard InChI is InChI=1S/C23H18ClN3O/c1-16-8-11-20(14-22(16)24)27-12-4-7-21(27)15-25-26-23(28)19-10-9-17-5-2-3-6-18(17)13-19/h2-15H,1H3,(H,26,28)/b25-15-. The fraction of sp³-hybridized carbons (Fsp3) is 0.0435. The summed E-state index contributed by atoms with van der Waals surface area (Å²) in [7, 11) is 0. The van der Waals surface area contributed by atoms with Crippen molar-refractivity contribution in [2.75, 3.05) is 0 Å². The lowest BCUT2D eigenvalue weighted by molar-refractivity contribution is 0.0955. The van der Waals surface area contributed by atoms with Crippen LogP contribution in [-0.2, 0) is 0 Å². The van der Waals surface area contributed by atoms with Gasteiger partial charge in [-0.25, -0.2) is 5.43 Å². The van der Waals surface area contributed by atoms with Crippen LogP contribution < -0.4 is 5.43 Å². The number of fused-ring (bicyclic) bond motifs is 1. The number of aryl methyl sites for hydroxylation is 1. The molecule has 0 bridgehead atoms. The number of hydrogen-bond acceptors (Lipinski definition) is 2. The Morgan fingerprint density at radius 3 is 2.64 bits per heavy atom. The second-order valence-corrected chi connectivity index (χ2v) is 6.90. The molecule has 28 heavy (non-hydrogen) atoms. The van der Waals surface area contributed by atoms with Gasteiger partial charge in [0.2, 0.25) is 0 Å². The molecule has 4 nitrogen and oxygen atoms in total. The third-order valence-corrected chi connectivity index (χ3v) is 5.00. The predicted molar refractivity (Wildman–Crippen MR) is 115 cm³/mol. The second kappa shape index (κ2) is 7.71. The fourth-order valence-corrected chi connectivity index (χ4v) is 3.19. The average Bonchev–Trinajstić information content (AvgIpc) is 3.18. The number of carbonyl (C=O) groups excluding carboxylic acids is 1. The van der Waals surface area contributed by atoms with Crippen LogP contribution in [0.15, 0.2) is 84.1 Å². The highest BCUT2D eigenvalue weighted by Crippen LogP contribution is 2.20. The zero-order valence-electron chi connectivity index (χ0n) is 15.3. The topological polar surface area (TPSA) is 46.4 Å². The maximum atomic E-state index is 12.4. The molecule has 138 valence electrons. The summed E-state index contributed by atoms with van der Waals surface area (Å²) < 4.78 is 1.96. The van der Waals surface area contributed by atoms with E-state index in [9.17, 15) is 4.79 Å². The first kappa shape index (κ1) is 18.0. The monoisotopic (exact) mass is 387 g/mol. The van der Waals surface area contributed by atoms with Gasteiger partial charge < -0.3 is 4.57 Å². The van der Waals surface area contributed by atoms with Crippen LogP contribution in [0.2, 0.25) is 5.02 Å². The van der Waals surface area contributed by atoms with Gasteiger partial charge in [0.25, 0.3) is 5.91 Å². The molecule has 0 unspecified atom stereocenters. The number of hydrogen-bond donors (Lipinski definition) is 1. The Morgan fingerprint density at radius 2 is 1.82 bits per heavy atom. The predicted octanol–water partition coefficient (Wildman–Crippen LogP) is 5.36. The van der Waals surface area contributed by atoms with Gasteiger partial charge in [-0.15, -0.1) is 0 Å². The van der Waals surface area contributed by atoms with E-state index in [0.717, 1.165) is 27.7 Å². The molecule has 3 aromatic carbocycles. The Morgan fingerprint density at radius 1 is 1.00 bits per heavy atom. The number of aromatic nitrogens is 1. The lowest BCUT2D eigenvalue weighted by Gasteiger charge is -2.08. The summed E-state index contributed by atoms with van der Waals surface area (Å²) in [4.78, 5) is 12.4. The van der Waals surface area contributed by atoms with Crippen molar-refractivity contribution in [1.29, 1.82) is 0 Å². The molecule has 0 radical (unpaired) electrons. The number of halogens is 1. The summed E-state index contributed by atoms with van der Waals surface area (Å²) in [5.41, 5.74) is 5.95. The summed E-state index contributed by atoms with van der Waals surface area (Å²) in [6.07, 6.45) is 3.54. The summed E-state index contributed by atoms with van der Waals surface area (Å²) in [5, 5.41) is 6.94. The van der Waals surface area contributed by atoms with Crippen LogP contribution in [0.3, 0.4) is 0 Å². The van der Waals surface area contributed by atoms with Crippen LogP contribution in [0.25, 0.3) is 16.5 Å². The van der Waals surface area contributed by atoms with Crippen molar-refractivity contribution >= 4 is 34.5 Å². The van der Waals surface area contributed by atoms with E-state index in [1.165, 1.54) is 0 Å². The molecule has 0 atom stereocenters. The Labute approximate surface area is 168 Å². The molecular weight excluding hydrogens is 370 g/mol. The van der Waals surface area contributed by atoms with Crippen molar-refractivity contribution in [1.82, 2.24) is 9.99 Å². The Bertz CT molecular complexity index is 1190. The van der Waals surface area contributed by atoms with Gasteiger partial charge >= 0.3 is 0 Å². The third-order valence-electron chi connectivity index (χ3n) is 4.59. The number of benzene rings is 3. The Balaban J connectivity index is 1.51. The van der Waals surface area contributed by atoms with Gasteiger partial charge in [-0.05, 0) is 59.7 Å². The number of nitrogens with one attached hydrogen (secondary N) is 1. The molecule has 1 amide bonds. The molecule has 0 spiro atoms. The summed E-state index contributed by atoms with van der Waals surface area (Å²) in [6.45, 7) is 1.96. The molecule has 0 aliphatic heterocycles. The van der Waals surface area contributed by atoms with E-state index < -0.39 is 0 Å². The van der Waals surface area contributed by atoms with Crippen molar-refractivity contribution in [3.8, 4) is 5.69 Å². The van der Waals surface area contributed by atoms with E-state index in [1.54, 1.807) is 12.3 Å². The highest BCUT2D eigenvalue weighted by atomic mass is 35.5. The molecule has 4 aromatic rings. The van der Waals surface area contributed by atoms with Crippen molar-refractivity contribution in [3.05, 3.63) is 101 Å². The molecule has 0 aliphatic carbocycles. The van der Waals surface area contributed by atoms with Gasteiger partial charge in [-0.2, -0.15) is 5.10 Å². The quantitative estimate of drug-likeness (QED) is 0.372. The lowest BCUT2D eigenvalue weighted by atomic mass is 10.1. The summed E-state index contributed by atoms with van der Waals surface area (Å²) in [6, 6.07) is 23.2. The number of nitrogens with zero attached hydrogens (tertiary/aromatic N) is 2. The van der Waals surface area contributed by atoms with Crippen molar-refractivity contribution in [2.45, 2.75) is 6.92 Å².